The number of benzene rings is 2. The van der Waals surface area contributed by atoms with E-state index in [0.717, 1.165) is 17.0 Å². The lowest BCUT2D eigenvalue weighted by atomic mass is 10.3. The molecule has 0 unspecified atom stereocenters. The van der Waals surface area contributed by atoms with Gasteiger partial charge in [-0.05, 0) is 24.3 Å². The van der Waals surface area contributed by atoms with E-state index in [1.807, 2.05) is 30.3 Å². The number of nitro benzene ring substituents is 1. The van der Waals surface area contributed by atoms with Crippen LogP contribution in [0.5, 0.6) is 5.75 Å². The molecule has 0 aliphatic carbocycles. The summed E-state index contributed by atoms with van der Waals surface area (Å²) in [5.41, 5.74) is -0.597. The van der Waals surface area contributed by atoms with Gasteiger partial charge in [-0.25, -0.2) is 13.6 Å². The van der Waals surface area contributed by atoms with Crippen molar-refractivity contribution in [2.24, 2.45) is 5.14 Å². The smallest absolute Gasteiger partial charge is 0.293 e. The zero-order valence-electron chi connectivity index (χ0n) is 11.9. The molecule has 122 valence electrons. The predicted molar refractivity (Wildman–Crippen MR) is 87.1 cm³/mol. The fourth-order valence-electron chi connectivity index (χ4n) is 1.81. The van der Waals surface area contributed by atoms with Crippen molar-refractivity contribution in [2.75, 3.05) is 12.4 Å². The minimum absolute atomic E-state index is 0.220. The van der Waals surface area contributed by atoms with Gasteiger partial charge in [-0.2, -0.15) is 0 Å². The Bertz CT molecular complexity index is 794. The Balaban J connectivity index is 2.01. The van der Waals surface area contributed by atoms with Gasteiger partial charge in [0.2, 0.25) is 10.0 Å². The van der Waals surface area contributed by atoms with Crippen molar-refractivity contribution in [1.82, 2.24) is 0 Å². The second-order valence-electron chi connectivity index (χ2n) is 4.44. The molecule has 23 heavy (non-hydrogen) atoms. The first kappa shape index (κ1) is 17.3. The third-order valence-corrected chi connectivity index (χ3v) is 4.73. The van der Waals surface area contributed by atoms with Gasteiger partial charge in [0.05, 0.1) is 17.6 Å². The normalized spacial score (nSPS) is 11.2. The highest BCUT2D eigenvalue weighted by atomic mass is 32.2. The molecule has 0 saturated heterocycles. The fourth-order valence-corrected chi connectivity index (χ4v) is 3.24. The molecule has 0 aliphatic rings. The topological polar surface area (TPSA) is 113 Å². The molecule has 0 fully saturated rings. The van der Waals surface area contributed by atoms with Crippen LogP contribution in [0.15, 0.2) is 58.3 Å². The molecule has 2 aromatic carbocycles. The summed E-state index contributed by atoms with van der Waals surface area (Å²) in [5, 5.41) is 15.9. The van der Waals surface area contributed by atoms with Crippen LogP contribution in [0.1, 0.15) is 0 Å². The third-order valence-electron chi connectivity index (χ3n) is 2.80. The minimum atomic E-state index is -4.16. The van der Waals surface area contributed by atoms with Gasteiger partial charge in [-0.15, -0.1) is 11.8 Å². The number of thioether (sulfide) groups is 1. The van der Waals surface area contributed by atoms with E-state index in [4.69, 9.17) is 9.88 Å². The van der Waals surface area contributed by atoms with E-state index >= 15 is 0 Å². The molecule has 2 rings (SSSR count). The van der Waals surface area contributed by atoms with Crippen molar-refractivity contribution < 1.29 is 18.1 Å². The highest BCUT2D eigenvalue weighted by molar-refractivity contribution is 7.99. The van der Waals surface area contributed by atoms with Crippen LogP contribution in [0.2, 0.25) is 0 Å². The van der Waals surface area contributed by atoms with E-state index in [1.54, 1.807) is 11.8 Å². The van der Waals surface area contributed by atoms with Crippen molar-refractivity contribution >= 4 is 27.5 Å². The SMILES string of the molecule is NS(=O)(=O)c1ccc(OCCSc2ccccc2)cc1[N+](=O)[O-]. The number of primary sulfonamides is 1. The van der Waals surface area contributed by atoms with Gasteiger partial charge in [-0.3, -0.25) is 10.1 Å². The van der Waals surface area contributed by atoms with E-state index in [2.05, 4.69) is 0 Å². The Kier molecular flexibility index (Phi) is 5.59. The van der Waals surface area contributed by atoms with Crippen LogP contribution >= 0.6 is 11.8 Å². The van der Waals surface area contributed by atoms with E-state index in [-0.39, 0.29) is 5.75 Å². The van der Waals surface area contributed by atoms with Crippen molar-refractivity contribution in [1.29, 1.82) is 0 Å². The summed E-state index contributed by atoms with van der Waals surface area (Å²) in [6, 6.07) is 13.2. The van der Waals surface area contributed by atoms with Gasteiger partial charge in [0, 0.05) is 10.6 Å². The van der Waals surface area contributed by atoms with Crippen molar-refractivity contribution in [2.45, 2.75) is 9.79 Å². The van der Waals surface area contributed by atoms with Gasteiger partial charge >= 0.3 is 0 Å². The molecule has 2 aromatic rings. The van der Waals surface area contributed by atoms with E-state index in [0.29, 0.717) is 12.4 Å². The average molecular weight is 354 g/mol. The number of nitro groups is 1. The summed E-state index contributed by atoms with van der Waals surface area (Å²) < 4.78 is 28.1. The Morgan fingerprint density at radius 2 is 1.87 bits per heavy atom. The van der Waals surface area contributed by atoms with Crippen molar-refractivity contribution in [3.8, 4) is 5.75 Å². The zero-order valence-corrected chi connectivity index (χ0v) is 13.5. The Morgan fingerprint density at radius 1 is 1.17 bits per heavy atom. The molecule has 0 aromatic heterocycles. The van der Waals surface area contributed by atoms with Crippen LogP contribution in [-0.4, -0.2) is 25.7 Å². The summed E-state index contributed by atoms with van der Waals surface area (Å²) in [6.07, 6.45) is 0. The lowest BCUT2D eigenvalue weighted by Crippen LogP contribution is -2.14. The van der Waals surface area contributed by atoms with Gasteiger partial charge < -0.3 is 4.74 Å². The third kappa shape index (κ3) is 4.95. The first-order valence-corrected chi connectivity index (χ1v) is 9.03. The van der Waals surface area contributed by atoms with E-state index < -0.39 is 25.5 Å². The predicted octanol–water partition coefficient (Wildman–Crippen LogP) is 2.41. The van der Waals surface area contributed by atoms with Gasteiger partial charge in [0.1, 0.15) is 5.75 Å². The van der Waals surface area contributed by atoms with Gasteiger partial charge in [0.25, 0.3) is 5.69 Å². The van der Waals surface area contributed by atoms with Crippen LogP contribution in [0.3, 0.4) is 0 Å². The summed E-state index contributed by atoms with van der Waals surface area (Å²) in [7, 11) is -4.16. The maximum absolute atomic E-state index is 11.3. The largest absolute Gasteiger partial charge is 0.492 e. The Labute approximate surface area is 137 Å². The first-order chi connectivity index (χ1) is 10.9. The van der Waals surface area contributed by atoms with Crippen LogP contribution < -0.4 is 9.88 Å². The first-order valence-electron chi connectivity index (χ1n) is 6.50. The molecule has 9 heteroatoms. The second-order valence-corrected chi connectivity index (χ2v) is 7.14. The summed E-state index contributed by atoms with van der Waals surface area (Å²) >= 11 is 1.58. The van der Waals surface area contributed by atoms with Crippen molar-refractivity contribution in [3.63, 3.8) is 0 Å². The highest BCUT2D eigenvalue weighted by Crippen LogP contribution is 2.27. The molecule has 0 atom stereocenters. The van der Waals surface area contributed by atoms with Crippen molar-refractivity contribution in [3.05, 3.63) is 58.6 Å². The number of nitrogens with zero attached hydrogens (tertiary/aromatic N) is 1. The zero-order chi connectivity index (χ0) is 16.9. The molecular formula is C14H14N2O5S2. The van der Waals surface area contributed by atoms with Crippen LogP contribution in [0, 0.1) is 10.1 Å². The maximum Gasteiger partial charge on any atom is 0.293 e. The molecule has 0 aliphatic heterocycles. The Hall–Kier alpha value is -2.10. The standard InChI is InChI=1S/C14H14N2O5S2/c15-23(19,20)14-7-6-11(10-13(14)16(17)18)21-8-9-22-12-4-2-1-3-5-12/h1-7,10H,8-9H2,(H2,15,19,20). The number of nitrogens with two attached hydrogens (primary N) is 1. The molecule has 7 nitrogen and oxygen atoms in total. The summed E-state index contributed by atoms with van der Waals surface area (Å²) in [4.78, 5) is 10.7. The number of sulfonamides is 1. The lowest BCUT2D eigenvalue weighted by molar-refractivity contribution is -0.387. The number of hydrogen-bond donors (Lipinski definition) is 1. The van der Waals surface area contributed by atoms with Gasteiger partial charge in [0.15, 0.2) is 4.90 Å². The molecule has 0 amide bonds. The highest BCUT2D eigenvalue weighted by Gasteiger charge is 2.23. The average Bonchev–Trinajstić information content (AvgIpc) is 2.51. The summed E-state index contributed by atoms with van der Waals surface area (Å²) in [6.45, 7) is 0.325. The Morgan fingerprint density at radius 3 is 2.48 bits per heavy atom. The molecule has 0 saturated carbocycles. The van der Waals surface area contributed by atoms with Crippen LogP contribution in [0.25, 0.3) is 0 Å². The van der Waals surface area contributed by atoms with Crippen LogP contribution in [-0.2, 0) is 10.0 Å². The monoisotopic (exact) mass is 354 g/mol. The maximum atomic E-state index is 11.3. The molecule has 0 heterocycles. The van der Waals surface area contributed by atoms with E-state index in [9.17, 15) is 18.5 Å². The molecule has 0 radical (unpaired) electrons. The number of ether oxygens (including phenoxy) is 1. The van der Waals surface area contributed by atoms with Crippen LogP contribution in [0.4, 0.5) is 5.69 Å². The van der Waals surface area contributed by atoms with E-state index in [1.165, 1.54) is 6.07 Å². The number of rotatable bonds is 7. The quantitative estimate of drug-likeness (QED) is 0.354. The fraction of sp³-hybridized carbons (Fsp3) is 0.143. The number of hydrogen-bond acceptors (Lipinski definition) is 6. The molecule has 0 spiro atoms. The molecule has 2 N–H and O–H groups in total. The molecule has 0 bridgehead atoms. The van der Waals surface area contributed by atoms with Gasteiger partial charge in [-0.1, -0.05) is 18.2 Å². The lowest BCUT2D eigenvalue weighted by Gasteiger charge is -2.07. The molecular weight excluding hydrogens is 340 g/mol. The minimum Gasteiger partial charge on any atom is -0.492 e. The summed E-state index contributed by atoms with van der Waals surface area (Å²) in [5.74, 6) is 0.868. The second kappa shape index (κ2) is 7.44.